The number of aromatic amines is 1. The van der Waals surface area contributed by atoms with E-state index in [-0.39, 0.29) is 16.8 Å². The van der Waals surface area contributed by atoms with Gasteiger partial charge in [-0.1, -0.05) is 6.07 Å². The molecule has 10 heteroatoms. The molecule has 2 atom stereocenters. The molecule has 33 heavy (non-hydrogen) atoms. The molecule has 5 rings (SSSR count). The molecule has 2 aliphatic heterocycles. The van der Waals surface area contributed by atoms with Crippen molar-refractivity contribution in [1.29, 1.82) is 0 Å². The summed E-state index contributed by atoms with van der Waals surface area (Å²) in [4.78, 5) is 38.2. The summed E-state index contributed by atoms with van der Waals surface area (Å²) in [5, 5.41) is 2.44. The summed E-state index contributed by atoms with van der Waals surface area (Å²) in [7, 11) is 1.48. The number of nitrogens with one attached hydrogen (secondary N) is 2. The van der Waals surface area contributed by atoms with Crippen molar-refractivity contribution < 1.29 is 13.6 Å². The van der Waals surface area contributed by atoms with E-state index in [1.807, 2.05) is 4.90 Å². The van der Waals surface area contributed by atoms with Gasteiger partial charge < -0.3 is 15.2 Å². The van der Waals surface area contributed by atoms with E-state index in [1.54, 1.807) is 25.1 Å². The molecule has 0 spiro atoms. The quantitative estimate of drug-likeness (QED) is 0.585. The lowest BCUT2D eigenvalue weighted by molar-refractivity contribution is 0.0957. The van der Waals surface area contributed by atoms with Crippen molar-refractivity contribution in [1.82, 2.24) is 25.2 Å². The van der Waals surface area contributed by atoms with E-state index in [0.717, 1.165) is 13.1 Å². The van der Waals surface area contributed by atoms with Crippen LogP contribution in [0.5, 0.6) is 0 Å². The first-order chi connectivity index (χ1) is 15.8. The maximum atomic E-state index is 15.0. The van der Waals surface area contributed by atoms with E-state index in [4.69, 9.17) is 0 Å². The SMILES string of the molecule is CNC(=O)c1ccc(N2CC3CN(Cc4ccc5nc(C)c(=O)[nH]c5c4F)CC3C2)c(F)n1. The Kier molecular flexibility index (Phi) is 5.32. The maximum Gasteiger partial charge on any atom is 0.269 e. The molecule has 1 amide bonds. The minimum atomic E-state index is -0.649. The second-order valence-electron chi connectivity index (χ2n) is 8.79. The van der Waals surface area contributed by atoms with Gasteiger partial charge >= 0.3 is 0 Å². The summed E-state index contributed by atoms with van der Waals surface area (Å²) in [5.41, 5.74) is 1.45. The van der Waals surface area contributed by atoms with Crippen molar-refractivity contribution in [3.05, 3.63) is 63.3 Å². The van der Waals surface area contributed by atoms with Crippen molar-refractivity contribution in [3.8, 4) is 0 Å². The Hall–Kier alpha value is -3.40. The van der Waals surface area contributed by atoms with E-state index in [9.17, 15) is 14.0 Å². The third-order valence-electron chi connectivity index (χ3n) is 6.64. The van der Waals surface area contributed by atoms with Crippen molar-refractivity contribution >= 4 is 22.6 Å². The number of anilines is 1. The predicted molar refractivity (Wildman–Crippen MR) is 119 cm³/mol. The lowest BCUT2D eigenvalue weighted by Gasteiger charge is -2.23. The van der Waals surface area contributed by atoms with E-state index in [2.05, 4.69) is 25.2 Å². The number of hydrogen-bond donors (Lipinski definition) is 2. The summed E-state index contributed by atoms with van der Waals surface area (Å²) in [6, 6.07) is 6.58. The Morgan fingerprint density at radius 3 is 2.52 bits per heavy atom. The van der Waals surface area contributed by atoms with Gasteiger partial charge in [-0.05, 0) is 37.0 Å². The zero-order chi connectivity index (χ0) is 23.3. The Bertz CT molecular complexity index is 1300. The van der Waals surface area contributed by atoms with Gasteiger partial charge in [-0.25, -0.2) is 14.4 Å². The highest BCUT2D eigenvalue weighted by molar-refractivity contribution is 5.92. The second kappa shape index (κ2) is 8.18. The number of nitrogens with zero attached hydrogens (tertiary/aromatic N) is 4. The fourth-order valence-electron chi connectivity index (χ4n) is 4.95. The molecule has 0 radical (unpaired) electrons. The zero-order valence-electron chi connectivity index (χ0n) is 18.4. The molecule has 172 valence electrons. The number of aromatic nitrogens is 3. The summed E-state index contributed by atoms with van der Waals surface area (Å²) in [6.07, 6.45) is 0. The lowest BCUT2D eigenvalue weighted by Crippen LogP contribution is -2.30. The van der Waals surface area contributed by atoms with Gasteiger partial charge in [0.05, 0.1) is 11.2 Å². The van der Waals surface area contributed by atoms with Crippen molar-refractivity contribution in [2.75, 3.05) is 38.1 Å². The predicted octanol–water partition coefficient (Wildman–Crippen LogP) is 1.83. The summed E-state index contributed by atoms with van der Waals surface area (Å²) in [5.74, 6) is -0.860. The normalized spacial score (nSPS) is 20.4. The average Bonchev–Trinajstić information content (AvgIpc) is 3.35. The fourth-order valence-corrected chi connectivity index (χ4v) is 4.95. The van der Waals surface area contributed by atoms with E-state index < -0.39 is 17.7 Å². The Labute approximate surface area is 188 Å². The highest BCUT2D eigenvalue weighted by atomic mass is 19.1. The van der Waals surface area contributed by atoms with Crippen LogP contribution in [-0.2, 0) is 6.54 Å². The lowest BCUT2D eigenvalue weighted by atomic mass is 10.0. The van der Waals surface area contributed by atoms with Gasteiger partial charge in [0.1, 0.15) is 16.9 Å². The van der Waals surface area contributed by atoms with Crippen molar-refractivity contribution in [2.45, 2.75) is 13.5 Å². The highest BCUT2D eigenvalue weighted by Gasteiger charge is 2.41. The standard InChI is InChI=1S/C23H24F2N6O2/c1-12-22(32)29-20-16(27-12)4-3-13(19(20)24)7-30-8-14-10-31(11-15(14)9-30)18-6-5-17(23(33)26-2)28-21(18)25/h3-6,14-15H,7-11H2,1-2H3,(H,26,33)(H,29,32). The smallest absolute Gasteiger partial charge is 0.269 e. The van der Waals surface area contributed by atoms with E-state index in [0.29, 0.717) is 53.9 Å². The number of rotatable bonds is 4. The molecule has 8 nitrogen and oxygen atoms in total. The monoisotopic (exact) mass is 454 g/mol. The molecular weight excluding hydrogens is 430 g/mol. The van der Waals surface area contributed by atoms with Gasteiger partial charge in [0.15, 0.2) is 5.82 Å². The summed E-state index contributed by atoms with van der Waals surface area (Å²) >= 11 is 0. The van der Waals surface area contributed by atoms with Crippen molar-refractivity contribution in [3.63, 3.8) is 0 Å². The minimum Gasteiger partial charge on any atom is -0.367 e. The third kappa shape index (κ3) is 3.84. The van der Waals surface area contributed by atoms with Crippen LogP contribution in [0.4, 0.5) is 14.5 Å². The summed E-state index contributed by atoms with van der Waals surface area (Å²) in [6.45, 7) is 4.92. The molecule has 2 fully saturated rings. The van der Waals surface area contributed by atoms with Crippen LogP contribution in [0.25, 0.3) is 11.0 Å². The van der Waals surface area contributed by atoms with Crippen LogP contribution < -0.4 is 15.8 Å². The Balaban J connectivity index is 1.27. The topological polar surface area (TPSA) is 94.2 Å². The van der Waals surface area contributed by atoms with E-state index in [1.165, 1.54) is 13.1 Å². The van der Waals surface area contributed by atoms with E-state index >= 15 is 4.39 Å². The zero-order valence-corrected chi connectivity index (χ0v) is 18.4. The first kappa shape index (κ1) is 21.4. The molecule has 2 saturated heterocycles. The summed E-state index contributed by atoms with van der Waals surface area (Å²) < 4.78 is 29.6. The third-order valence-corrected chi connectivity index (χ3v) is 6.64. The van der Waals surface area contributed by atoms with Crippen LogP contribution in [0.1, 0.15) is 21.7 Å². The van der Waals surface area contributed by atoms with Gasteiger partial charge in [0.2, 0.25) is 5.95 Å². The minimum absolute atomic E-state index is 0.0495. The maximum absolute atomic E-state index is 15.0. The van der Waals surface area contributed by atoms with Gasteiger partial charge in [0, 0.05) is 45.3 Å². The Morgan fingerprint density at radius 2 is 1.85 bits per heavy atom. The molecule has 2 aliphatic rings. The fraction of sp³-hybridized carbons (Fsp3) is 0.391. The number of fused-ring (bicyclic) bond motifs is 2. The van der Waals surface area contributed by atoms with Crippen LogP contribution in [0, 0.1) is 30.5 Å². The number of pyridine rings is 1. The van der Waals surface area contributed by atoms with Crippen LogP contribution in [0.3, 0.4) is 0 Å². The molecule has 1 aromatic carbocycles. The molecular formula is C23H24F2N6O2. The first-order valence-electron chi connectivity index (χ1n) is 10.9. The Morgan fingerprint density at radius 1 is 1.12 bits per heavy atom. The van der Waals surface area contributed by atoms with Crippen LogP contribution in [0.15, 0.2) is 29.1 Å². The molecule has 2 aromatic heterocycles. The molecule has 0 saturated carbocycles. The van der Waals surface area contributed by atoms with Crippen LogP contribution in [-0.4, -0.2) is 59.0 Å². The number of carbonyl (C=O) groups excluding carboxylic acids is 1. The number of H-pyrrole nitrogens is 1. The molecule has 2 unspecified atom stereocenters. The number of likely N-dealkylation sites (tertiary alicyclic amines) is 1. The number of amides is 1. The first-order valence-corrected chi connectivity index (χ1v) is 10.9. The van der Waals surface area contributed by atoms with Crippen LogP contribution in [0.2, 0.25) is 0 Å². The van der Waals surface area contributed by atoms with Gasteiger partial charge in [-0.2, -0.15) is 4.39 Å². The van der Waals surface area contributed by atoms with Crippen LogP contribution >= 0.6 is 0 Å². The average molecular weight is 454 g/mol. The largest absolute Gasteiger partial charge is 0.367 e. The molecule has 0 bridgehead atoms. The molecule has 4 heterocycles. The molecule has 0 aliphatic carbocycles. The molecule has 3 aromatic rings. The number of hydrogen-bond acceptors (Lipinski definition) is 6. The number of aryl methyl sites for hydroxylation is 1. The van der Waals surface area contributed by atoms with Gasteiger partial charge in [0.25, 0.3) is 11.5 Å². The number of halogens is 2. The van der Waals surface area contributed by atoms with Crippen molar-refractivity contribution in [2.24, 2.45) is 11.8 Å². The highest BCUT2D eigenvalue weighted by Crippen LogP contribution is 2.35. The number of benzene rings is 1. The van der Waals surface area contributed by atoms with Gasteiger partial charge in [-0.15, -0.1) is 0 Å². The number of carbonyl (C=O) groups is 1. The van der Waals surface area contributed by atoms with Gasteiger partial charge in [-0.3, -0.25) is 14.5 Å². The molecule has 2 N–H and O–H groups in total. The second-order valence-corrected chi connectivity index (χ2v) is 8.79.